The Balaban J connectivity index is 2.69. The average Bonchev–Trinajstić information content (AvgIpc) is 2.68. The Labute approximate surface area is 120 Å². The number of benzene rings is 1. The molecule has 110 valence electrons. The zero-order valence-corrected chi connectivity index (χ0v) is 13.1. The Bertz CT molecular complexity index is 713. The average molecular weight is 294 g/mol. The fourth-order valence-corrected chi connectivity index (χ4v) is 3.80. The lowest BCUT2D eigenvalue weighted by Crippen LogP contribution is -2.15. The first kappa shape index (κ1) is 15.1. The van der Waals surface area contributed by atoms with Crippen molar-refractivity contribution in [1.82, 2.24) is 4.57 Å². The minimum Gasteiger partial charge on any atom is -0.343 e. The third-order valence-corrected chi connectivity index (χ3v) is 5.14. The highest BCUT2D eigenvalue weighted by Crippen LogP contribution is 2.30. The van der Waals surface area contributed by atoms with Gasteiger partial charge < -0.3 is 4.57 Å². The highest BCUT2D eigenvalue weighted by molar-refractivity contribution is 7.89. The Morgan fingerprint density at radius 3 is 2.35 bits per heavy atom. The fourth-order valence-electron chi connectivity index (χ4n) is 2.80. The molecular formula is C15H22N2O2S. The predicted molar refractivity (Wildman–Crippen MR) is 82.1 cm³/mol. The van der Waals surface area contributed by atoms with Gasteiger partial charge in [-0.15, -0.1) is 0 Å². The van der Waals surface area contributed by atoms with Crippen molar-refractivity contribution in [1.29, 1.82) is 0 Å². The van der Waals surface area contributed by atoms with Gasteiger partial charge in [-0.2, -0.15) is 0 Å². The minimum absolute atomic E-state index is 0.263. The molecule has 0 fully saturated rings. The van der Waals surface area contributed by atoms with Crippen LogP contribution in [0.5, 0.6) is 0 Å². The number of rotatable bonds is 5. The molecule has 0 aliphatic heterocycles. The largest absolute Gasteiger partial charge is 0.343 e. The van der Waals surface area contributed by atoms with E-state index in [1.165, 1.54) is 0 Å². The summed E-state index contributed by atoms with van der Waals surface area (Å²) in [5.74, 6) is 0.540. The molecule has 4 nitrogen and oxygen atoms in total. The van der Waals surface area contributed by atoms with Gasteiger partial charge in [-0.05, 0) is 18.9 Å². The molecule has 5 heteroatoms. The van der Waals surface area contributed by atoms with Crippen LogP contribution in [0.25, 0.3) is 10.9 Å². The van der Waals surface area contributed by atoms with Crippen molar-refractivity contribution in [3.63, 3.8) is 0 Å². The van der Waals surface area contributed by atoms with Crippen LogP contribution in [0.4, 0.5) is 0 Å². The van der Waals surface area contributed by atoms with E-state index >= 15 is 0 Å². The van der Waals surface area contributed by atoms with Gasteiger partial charge in [0.05, 0.1) is 0 Å². The molecule has 0 aliphatic rings. The molecule has 2 rings (SSSR count). The van der Waals surface area contributed by atoms with Crippen LogP contribution >= 0.6 is 0 Å². The standard InChI is InChI=1S/C15H22N2O2S/c1-4-12(5-2)10-17-11(3)15(20(16,18)19)13-8-6-7-9-14(13)17/h6-9,12H,4-5,10H2,1-3H3,(H2,16,18,19). The molecular weight excluding hydrogens is 272 g/mol. The van der Waals surface area contributed by atoms with Gasteiger partial charge in [-0.3, -0.25) is 0 Å². The molecule has 0 bridgehead atoms. The number of nitrogens with two attached hydrogens (primary N) is 1. The van der Waals surface area contributed by atoms with E-state index in [1.807, 2.05) is 31.2 Å². The SMILES string of the molecule is CCC(CC)Cn1c(C)c(S(N)(=O)=O)c2ccccc21. The first-order valence-electron chi connectivity index (χ1n) is 7.00. The Kier molecular flexibility index (Phi) is 4.20. The molecule has 2 N–H and O–H groups in total. The maximum atomic E-state index is 11.9. The van der Waals surface area contributed by atoms with Crippen LogP contribution in [-0.2, 0) is 16.6 Å². The lowest BCUT2D eigenvalue weighted by molar-refractivity contribution is 0.420. The second kappa shape index (κ2) is 5.58. The molecule has 0 unspecified atom stereocenters. The minimum atomic E-state index is -3.71. The predicted octanol–water partition coefficient (Wildman–Crippen LogP) is 3.03. The Hall–Kier alpha value is -1.33. The highest BCUT2D eigenvalue weighted by atomic mass is 32.2. The molecule has 1 aromatic carbocycles. The van der Waals surface area contributed by atoms with Crippen LogP contribution < -0.4 is 5.14 Å². The smallest absolute Gasteiger partial charge is 0.240 e. The van der Waals surface area contributed by atoms with Crippen LogP contribution in [0.15, 0.2) is 29.2 Å². The van der Waals surface area contributed by atoms with Gasteiger partial charge in [-0.25, -0.2) is 13.6 Å². The van der Waals surface area contributed by atoms with Gasteiger partial charge in [0.2, 0.25) is 10.0 Å². The summed E-state index contributed by atoms with van der Waals surface area (Å²) in [7, 11) is -3.71. The van der Waals surface area contributed by atoms with E-state index < -0.39 is 10.0 Å². The summed E-state index contributed by atoms with van der Waals surface area (Å²) in [6.07, 6.45) is 2.15. The zero-order chi connectivity index (χ0) is 14.9. The van der Waals surface area contributed by atoms with Crippen LogP contribution in [0, 0.1) is 12.8 Å². The van der Waals surface area contributed by atoms with Crippen molar-refractivity contribution >= 4 is 20.9 Å². The molecule has 0 radical (unpaired) electrons. The summed E-state index contributed by atoms with van der Waals surface area (Å²) in [4.78, 5) is 0.263. The van der Waals surface area contributed by atoms with Crippen molar-refractivity contribution in [3.8, 4) is 0 Å². The Morgan fingerprint density at radius 2 is 1.80 bits per heavy atom. The summed E-state index contributed by atoms with van der Waals surface area (Å²) >= 11 is 0. The third kappa shape index (κ3) is 2.60. The van der Waals surface area contributed by atoms with Gasteiger partial charge >= 0.3 is 0 Å². The first-order chi connectivity index (χ1) is 9.40. The summed E-state index contributed by atoms with van der Waals surface area (Å²) < 4.78 is 25.8. The summed E-state index contributed by atoms with van der Waals surface area (Å²) in [6.45, 7) is 6.99. The van der Waals surface area contributed by atoms with E-state index in [1.54, 1.807) is 0 Å². The second-order valence-electron chi connectivity index (χ2n) is 5.27. The van der Waals surface area contributed by atoms with Crippen molar-refractivity contribution < 1.29 is 8.42 Å². The second-order valence-corrected chi connectivity index (χ2v) is 6.77. The molecule has 0 amide bonds. The van der Waals surface area contributed by atoms with Gasteiger partial charge in [0.1, 0.15) is 4.90 Å². The Morgan fingerprint density at radius 1 is 1.20 bits per heavy atom. The lowest BCUT2D eigenvalue weighted by atomic mass is 10.0. The topological polar surface area (TPSA) is 65.1 Å². The van der Waals surface area contributed by atoms with Crippen LogP contribution in [0.2, 0.25) is 0 Å². The maximum Gasteiger partial charge on any atom is 0.240 e. The number of nitrogens with zero attached hydrogens (tertiary/aromatic N) is 1. The van der Waals surface area contributed by atoms with E-state index in [4.69, 9.17) is 5.14 Å². The molecule has 20 heavy (non-hydrogen) atoms. The monoisotopic (exact) mass is 294 g/mol. The molecule has 0 saturated carbocycles. The number of sulfonamides is 1. The molecule has 1 aromatic heterocycles. The first-order valence-corrected chi connectivity index (χ1v) is 8.55. The summed E-state index contributed by atoms with van der Waals surface area (Å²) in [5.41, 5.74) is 1.68. The molecule has 0 saturated heterocycles. The van der Waals surface area contributed by atoms with Crippen molar-refractivity contribution in [2.75, 3.05) is 0 Å². The number of hydrogen-bond acceptors (Lipinski definition) is 2. The molecule has 0 aliphatic carbocycles. The highest BCUT2D eigenvalue weighted by Gasteiger charge is 2.22. The number of para-hydroxylation sites is 1. The van der Waals surface area contributed by atoms with Crippen molar-refractivity contribution in [3.05, 3.63) is 30.0 Å². The van der Waals surface area contributed by atoms with Crippen molar-refractivity contribution in [2.45, 2.75) is 45.1 Å². The van der Waals surface area contributed by atoms with E-state index in [0.717, 1.165) is 36.0 Å². The fraction of sp³-hybridized carbons (Fsp3) is 0.467. The van der Waals surface area contributed by atoms with Crippen LogP contribution in [-0.4, -0.2) is 13.0 Å². The molecule has 0 atom stereocenters. The molecule has 2 aromatic rings. The van der Waals surface area contributed by atoms with Crippen LogP contribution in [0.1, 0.15) is 32.4 Å². The maximum absolute atomic E-state index is 11.9. The number of hydrogen-bond donors (Lipinski definition) is 1. The van der Waals surface area contributed by atoms with E-state index in [-0.39, 0.29) is 4.90 Å². The number of fused-ring (bicyclic) bond motifs is 1. The quantitative estimate of drug-likeness (QED) is 0.921. The number of primary sulfonamides is 1. The lowest BCUT2D eigenvalue weighted by Gasteiger charge is -2.16. The van der Waals surface area contributed by atoms with Gasteiger partial charge in [0, 0.05) is 23.1 Å². The molecule has 1 heterocycles. The van der Waals surface area contributed by atoms with Gasteiger partial charge in [0.15, 0.2) is 0 Å². The zero-order valence-electron chi connectivity index (χ0n) is 12.3. The van der Waals surface area contributed by atoms with E-state index in [0.29, 0.717) is 5.92 Å². The van der Waals surface area contributed by atoms with Crippen molar-refractivity contribution in [2.24, 2.45) is 11.1 Å². The van der Waals surface area contributed by atoms with Gasteiger partial charge in [0.25, 0.3) is 0 Å². The van der Waals surface area contributed by atoms with E-state index in [2.05, 4.69) is 18.4 Å². The van der Waals surface area contributed by atoms with Crippen LogP contribution in [0.3, 0.4) is 0 Å². The molecule has 0 spiro atoms. The van der Waals surface area contributed by atoms with E-state index in [9.17, 15) is 8.42 Å². The summed E-state index contributed by atoms with van der Waals surface area (Å²) in [6, 6.07) is 7.56. The normalized spacial score (nSPS) is 12.4. The van der Waals surface area contributed by atoms with Gasteiger partial charge in [-0.1, -0.05) is 44.9 Å². The third-order valence-electron chi connectivity index (χ3n) is 4.05. The number of aromatic nitrogens is 1. The summed E-state index contributed by atoms with van der Waals surface area (Å²) in [5, 5.41) is 6.11.